The van der Waals surface area contributed by atoms with Crippen molar-refractivity contribution in [2.75, 3.05) is 13.1 Å². The second kappa shape index (κ2) is 7.04. The van der Waals surface area contributed by atoms with E-state index in [0.717, 1.165) is 0 Å². The van der Waals surface area contributed by atoms with Gasteiger partial charge in [0.2, 0.25) is 16.0 Å². The number of nitrogens with zero attached hydrogens (tertiary/aromatic N) is 3. The molecule has 1 rings (SSSR count). The number of guanidine groups is 2. The number of hydrogen-bond donors (Lipinski definition) is 3. The van der Waals surface area contributed by atoms with Gasteiger partial charge in [-0.3, -0.25) is 0 Å². The highest BCUT2D eigenvalue weighted by molar-refractivity contribution is 7.89. The van der Waals surface area contributed by atoms with Crippen LogP contribution in [0.2, 0.25) is 0 Å². The van der Waals surface area contributed by atoms with Crippen LogP contribution < -0.4 is 17.2 Å². The lowest BCUT2D eigenvalue weighted by Gasteiger charge is -2.18. The molecule has 0 atom stereocenters. The van der Waals surface area contributed by atoms with Crippen LogP contribution in [0.3, 0.4) is 0 Å². The molecule has 1 aromatic carbocycles. The third-order valence-electron chi connectivity index (χ3n) is 2.67. The van der Waals surface area contributed by atoms with E-state index < -0.39 is 10.0 Å². The van der Waals surface area contributed by atoms with Gasteiger partial charge < -0.3 is 17.2 Å². The summed E-state index contributed by atoms with van der Waals surface area (Å²) in [5.74, 6) is -0.300. The fraction of sp³-hybridized carbons (Fsp3) is 0.333. The van der Waals surface area contributed by atoms with Gasteiger partial charge in [0.05, 0.1) is 10.6 Å². The maximum Gasteiger partial charge on any atom is 0.243 e. The topological polar surface area (TPSA) is 140 Å². The molecular formula is C12H20N6O2S. The van der Waals surface area contributed by atoms with Crippen molar-refractivity contribution >= 4 is 27.6 Å². The molecule has 0 aromatic heterocycles. The fourth-order valence-corrected chi connectivity index (χ4v) is 3.15. The number of sulfonamides is 1. The molecular weight excluding hydrogens is 292 g/mol. The van der Waals surface area contributed by atoms with Crippen LogP contribution in [0.1, 0.15) is 13.8 Å². The van der Waals surface area contributed by atoms with Crippen molar-refractivity contribution in [1.82, 2.24) is 4.31 Å². The summed E-state index contributed by atoms with van der Waals surface area (Å²) in [5, 5.41) is 0. The predicted octanol–water partition coefficient (Wildman–Crippen LogP) is -0.0633. The lowest BCUT2D eigenvalue weighted by molar-refractivity contribution is 0.445. The number of aliphatic imine (C=N–C) groups is 2. The predicted molar refractivity (Wildman–Crippen MR) is 83.6 cm³/mol. The van der Waals surface area contributed by atoms with Gasteiger partial charge in [-0.2, -0.15) is 9.30 Å². The first-order valence-corrected chi connectivity index (χ1v) is 7.79. The third kappa shape index (κ3) is 4.43. The molecule has 6 N–H and O–H groups in total. The number of benzene rings is 1. The Morgan fingerprint density at radius 1 is 1.10 bits per heavy atom. The molecule has 0 heterocycles. The maximum atomic E-state index is 12.3. The summed E-state index contributed by atoms with van der Waals surface area (Å²) in [4.78, 5) is 7.72. The first-order chi connectivity index (χ1) is 9.81. The Morgan fingerprint density at radius 2 is 1.62 bits per heavy atom. The number of hydrogen-bond acceptors (Lipinski definition) is 3. The minimum absolute atomic E-state index is 0.102. The Hall–Kier alpha value is -2.13. The number of rotatable bonds is 5. The molecule has 9 heteroatoms. The van der Waals surface area contributed by atoms with Gasteiger partial charge in [-0.1, -0.05) is 13.8 Å². The molecule has 1 aromatic rings. The Balaban J connectivity index is 3.06. The Kier molecular flexibility index (Phi) is 5.68. The standard InChI is InChI=1S/C12H20N6O2S/c1-3-18(4-2)21(19,20)10-7-5-9(6-8-10)16-12(15)17-11(13)14/h5-8H,3-4H2,1-2H3,(H6,13,14,15,16,17). The van der Waals surface area contributed by atoms with Gasteiger partial charge in [0.1, 0.15) is 0 Å². The van der Waals surface area contributed by atoms with Crippen molar-refractivity contribution in [3.05, 3.63) is 24.3 Å². The third-order valence-corrected chi connectivity index (χ3v) is 4.73. The van der Waals surface area contributed by atoms with E-state index in [1.54, 1.807) is 13.8 Å². The minimum Gasteiger partial charge on any atom is -0.370 e. The van der Waals surface area contributed by atoms with E-state index in [0.29, 0.717) is 18.8 Å². The maximum absolute atomic E-state index is 12.3. The molecule has 0 aliphatic rings. The monoisotopic (exact) mass is 312 g/mol. The molecule has 116 valence electrons. The Bertz CT molecular complexity index is 628. The zero-order valence-electron chi connectivity index (χ0n) is 12.0. The van der Waals surface area contributed by atoms with Crippen molar-refractivity contribution in [3.63, 3.8) is 0 Å². The van der Waals surface area contributed by atoms with Crippen molar-refractivity contribution < 1.29 is 8.42 Å². The molecule has 0 saturated heterocycles. The average Bonchev–Trinajstić information content (AvgIpc) is 2.39. The van der Waals surface area contributed by atoms with Crippen molar-refractivity contribution in [2.45, 2.75) is 18.7 Å². The van der Waals surface area contributed by atoms with Gasteiger partial charge in [0.25, 0.3) is 0 Å². The van der Waals surface area contributed by atoms with Crippen LogP contribution in [-0.2, 0) is 10.0 Å². The molecule has 0 unspecified atom stereocenters. The van der Waals surface area contributed by atoms with Gasteiger partial charge in [-0.25, -0.2) is 13.4 Å². The van der Waals surface area contributed by atoms with Crippen LogP contribution in [-0.4, -0.2) is 37.7 Å². The summed E-state index contributed by atoms with van der Waals surface area (Å²) < 4.78 is 25.9. The number of nitrogens with two attached hydrogens (primary N) is 3. The smallest absolute Gasteiger partial charge is 0.243 e. The van der Waals surface area contributed by atoms with Crippen LogP contribution in [0.4, 0.5) is 5.69 Å². The van der Waals surface area contributed by atoms with Gasteiger partial charge in [0, 0.05) is 13.1 Å². The molecule has 0 bridgehead atoms. The van der Waals surface area contributed by atoms with E-state index in [1.807, 2.05) is 0 Å². The highest BCUT2D eigenvalue weighted by atomic mass is 32.2. The molecule has 0 aliphatic carbocycles. The summed E-state index contributed by atoms with van der Waals surface area (Å²) in [6, 6.07) is 6.00. The fourth-order valence-electron chi connectivity index (χ4n) is 1.69. The zero-order valence-corrected chi connectivity index (χ0v) is 12.8. The van der Waals surface area contributed by atoms with E-state index in [4.69, 9.17) is 17.2 Å². The molecule has 8 nitrogen and oxygen atoms in total. The summed E-state index contributed by atoms with van der Waals surface area (Å²) in [6.07, 6.45) is 0. The van der Waals surface area contributed by atoms with Gasteiger partial charge >= 0.3 is 0 Å². The van der Waals surface area contributed by atoms with Crippen molar-refractivity contribution in [2.24, 2.45) is 27.2 Å². The van der Waals surface area contributed by atoms with E-state index >= 15 is 0 Å². The molecule has 0 saturated carbocycles. The van der Waals surface area contributed by atoms with Crippen LogP contribution in [0.25, 0.3) is 0 Å². The van der Waals surface area contributed by atoms with Crippen LogP contribution >= 0.6 is 0 Å². The van der Waals surface area contributed by atoms with Crippen molar-refractivity contribution in [3.8, 4) is 0 Å². The average molecular weight is 312 g/mol. The molecule has 0 amide bonds. The van der Waals surface area contributed by atoms with E-state index in [9.17, 15) is 8.42 Å². The largest absolute Gasteiger partial charge is 0.370 e. The quantitative estimate of drug-likeness (QED) is 0.516. The summed E-state index contributed by atoms with van der Waals surface area (Å²) in [6.45, 7) is 4.40. The Labute approximate surface area is 124 Å². The second-order valence-electron chi connectivity index (χ2n) is 4.09. The van der Waals surface area contributed by atoms with Gasteiger partial charge in [-0.05, 0) is 24.3 Å². The molecule has 0 aliphatic heterocycles. The van der Waals surface area contributed by atoms with Gasteiger partial charge in [0.15, 0.2) is 5.96 Å². The first-order valence-electron chi connectivity index (χ1n) is 6.35. The van der Waals surface area contributed by atoms with E-state index in [-0.39, 0.29) is 16.8 Å². The van der Waals surface area contributed by atoms with E-state index in [2.05, 4.69) is 9.98 Å². The van der Waals surface area contributed by atoms with Crippen LogP contribution in [0, 0.1) is 0 Å². The first kappa shape index (κ1) is 16.9. The molecule has 0 fully saturated rings. The van der Waals surface area contributed by atoms with Crippen LogP contribution in [0.5, 0.6) is 0 Å². The van der Waals surface area contributed by atoms with Crippen LogP contribution in [0.15, 0.2) is 39.1 Å². The summed E-state index contributed by atoms with van der Waals surface area (Å²) >= 11 is 0. The zero-order chi connectivity index (χ0) is 16.0. The SMILES string of the molecule is CCN(CC)S(=O)(=O)c1ccc(N=C(N)N=C(N)N)cc1. The summed E-state index contributed by atoms with van der Waals surface area (Å²) in [5.41, 5.74) is 16.3. The lowest BCUT2D eigenvalue weighted by Crippen LogP contribution is -2.30. The summed E-state index contributed by atoms with van der Waals surface area (Å²) in [7, 11) is -3.48. The Morgan fingerprint density at radius 3 is 2.05 bits per heavy atom. The highest BCUT2D eigenvalue weighted by Crippen LogP contribution is 2.19. The molecule has 21 heavy (non-hydrogen) atoms. The second-order valence-corrected chi connectivity index (χ2v) is 6.03. The van der Waals surface area contributed by atoms with E-state index in [1.165, 1.54) is 28.6 Å². The van der Waals surface area contributed by atoms with Gasteiger partial charge in [-0.15, -0.1) is 0 Å². The normalized spacial score (nSPS) is 12.4. The molecule has 0 radical (unpaired) electrons. The highest BCUT2D eigenvalue weighted by Gasteiger charge is 2.20. The van der Waals surface area contributed by atoms with Crippen molar-refractivity contribution in [1.29, 1.82) is 0 Å². The lowest BCUT2D eigenvalue weighted by atomic mass is 10.3. The minimum atomic E-state index is -3.48. The molecule has 0 spiro atoms.